The van der Waals surface area contributed by atoms with Crippen LogP contribution in [0.1, 0.15) is 18.9 Å². The molecule has 0 bridgehead atoms. The van der Waals surface area contributed by atoms with Gasteiger partial charge in [-0.1, -0.05) is 0 Å². The van der Waals surface area contributed by atoms with Crippen LogP contribution in [0.2, 0.25) is 0 Å². The summed E-state index contributed by atoms with van der Waals surface area (Å²) < 4.78 is 10.4. The zero-order chi connectivity index (χ0) is 15.8. The number of carbonyl (C=O) groups excluding carboxylic acids is 1. The molecule has 0 saturated heterocycles. The molecule has 1 aromatic carbocycles. The van der Waals surface area contributed by atoms with Gasteiger partial charge in [0, 0.05) is 25.2 Å². The lowest BCUT2D eigenvalue weighted by Gasteiger charge is -2.21. The number of benzene rings is 1. The Morgan fingerprint density at radius 1 is 1.33 bits per heavy atom. The Morgan fingerprint density at radius 2 is 1.90 bits per heavy atom. The van der Waals surface area contributed by atoms with Gasteiger partial charge in [0.05, 0.1) is 26.7 Å². The van der Waals surface area contributed by atoms with E-state index in [1.807, 2.05) is 19.1 Å². The predicted molar refractivity (Wildman–Crippen MR) is 81.0 cm³/mol. The summed E-state index contributed by atoms with van der Waals surface area (Å²) in [5.74, 6) is 1.17. The molecule has 1 aromatic rings. The van der Waals surface area contributed by atoms with E-state index in [-0.39, 0.29) is 11.9 Å². The van der Waals surface area contributed by atoms with Crippen molar-refractivity contribution < 1.29 is 14.3 Å². The third-order valence-electron chi connectivity index (χ3n) is 3.19. The van der Waals surface area contributed by atoms with E-state index in [4.69, 9.17) is 14.7 Å². The second kappa shape index (κ2) is 7.95. The lowest BCUT2D eigenvalue weighted by atomic mass is 10.1. The van der Waals surface area contributed by atoms with Crippen LogP contribution in [0.15, 0.2) is 24.3 Å². The van der Waals surface area contributed by atoms with E-state index in [2.05, 4.69) is 6.07 Å². The Morgan fingerprint density at radius 3 is 2.38 bits per heavy atom. The van der Waals surface area contributed by atoms with Crippen molar-refractivity contribution in [2.24, 2.45) is 0 Å². The van der Waals surface area contributed by atoms with Crippen LogP contribution in [0.25, 0.3) is 6.08 Å². The number of carbonyl (C=O) groups is 1. The molecule has 1 amide bonds. The Balaban J connectivity index is 2.85. The highest BCUT2D eigenvalue weighted by atomic mass is 16.5. The van der Waals surface area contributed by atoms with Gasteiger partial charge in [-0.15, -0.1) is 0 Å². The smallest absolute Gasteiger partial charge is 0.246 e. The molecule has 0 unspecified atom stereocenters. The van der Waals surface area contributed by atoms with Crippen LogP contribution in [0.3, 0.4) is 0 Å². The summed E-state index contributed by atoms with van der Waals surface area (Å²) in [6, 6.07) is 7.32. The lowest BCUT2D eigenvalue weighted by Crippen LogP contribution is -2.33. The number of rotatable bonds is 6. The predicted octanol–water partition coefficient (Wildman–Crippen LogP) is 2.48. The van der Waals surface area contributed by atoms with Crippen molar-refractivity contribution in [2.75, 3.05) is 21.3 Å². The number of ether oxygens (including phenoxy) is 2. The molecule has 5 nitrogen and oxygen atoms in total. The molecule has 0 fully saturated rings. The summed E-state index contributed by atoms with van der Waals surface area (Å²) in [4.78, 5) is 13.5. The highest BCUT2D eigenvalue weighted by molar-refractivity contribution is 5.91. The first-order valence-electron chi connectivity index (χ1n) is 6.56. The van der Waals surface area contributed by atoms with Crippen LogP contribution < -0.4 is 9.47 Å². The van der Waals surface area contributed by atoms with Crippen LogP contribution in [0.4, 0.5) is 0 Å². The first-order chi connectivity index (χ1) is 10.0. The van der Waals surface area contributed by atoms with Gasteiger partial charge in [-0.25, -0.2) is 0 Å². The summed E-state index contributed by atoms with van der Waals surface area (Å²) in [6.45, 7) is 1.84. The number of hydrogen-bond acceptors (Lipinski definition) is 4. The van der Waals surface area contributed by atoms with E-state index >= 15 is 0 Å². The lowest BCUT2D eigenvalue weighted by molar-refractivity contribution is -0.126. The molecule has 0 saturated carbocycles. The molecule has 0 aromatic heterocycles. The normalized spacial score (nSPS) is 11.8. The standard InChI is InChI=1S/C16H20N2O3/c1-12(7-8-17)18(2)16(19)6-5-13-9-14(20-3)11-15(10-13)21-4/h5-6,9-12H,7H2,1-4H3/b6-5+/t12-/m1/s1. The zero-order valence-electron chi connectivity index (χ0n) is 12.8. The first-order valence-corrected chi connectivity index (χ1v) is 6.56. The second-order valence-corrected chi connectivity index (χ2v) is 4.64. The van der Waals surface area contributed by atoms with Gasteiger partial charge in [0.2, 0.25) is 5.91 Å². The number of hydrogen-bond donors (Lipinski definition) is 0. The topological polar surface area (TPSA) is 62.6 Å². The molecule has 5 heteroatoms. The number of amides is 1. The SMILES string of the molecule is COc1cc(/C=C/C(=O)N(C)[C@H](C)CC#N)cc(OC)c1. The van der Waals surface area contributed by atoms with Gasteiger partial charge in [0.15, 0.2) is 0 Å². The Bertz CT molecular complexity index is 539. The first kappa shape index (κ1) is 16.6. The average Bonchev–Trinajstić information content (AvgIpc) is 2.51. The van der Waals surface area contributed by atoms with Gasteiger partial charge in [0.1, 0.15) is 11.5 Å². The third kappa shape index (κ3) is 4.84. The third-order valence-corrected chi connectivity index (χ3v) is 3.19. The summed E-state index contributed by atoms with van der Waals surface area (Å²) in [5, 5.41) is 8.66. The maximum absolute atomic E-state index is 12.0. The van der Waals surface area contributed by atoms with Gasteiger partial charge < -0.3 is 14.4 Å². The summed E-state index contributed by atoms with van der Waals surface area (Å²) in [5.41, 5.74) is 0.806. The zero-order valence-corrected chi connectivity index (χ0v) is 12.8. The molecule has 1 rings (SSSR count). The van der Waals surface area contributed by atoms with Crippen molar-refractivity contribution in [3.63, 3.8) is 0 Å². The average molecular weight is 288 g/mol. The summed E-state index contributed by atoms with van der Waals surface area (Å²) in [7, 11) is 4.83. The number of methoxy groups -OCH3 is 2. The molecule has 0 aliphatic carbocycles. The fourth-order valence-electron chi connectivity index (χ4n) is 1.70. The molecular weight excluding hydrogens is 268 g/mol. The van der Waals surface area contributed by atoms with Crippen molar-refractivity contribution >= 4 is 12.0 Å². The molecule has 0 N–H and O–H groups in total. The molecular formula is C16H20N2O3. The number of nitrogens with zero attached hydrogens (tertiary/aromatic N) is 2. The molecule has 0 radical (unpaired) electrons. The van der Waals surface area contributed by atoms with Crippen molar-refractivity contribution in [2.45, 2.75) is 19.4 Å². The van der Waals surface area contributed by atoms with E-state index in [1.165, 1.54) is 11.0 Å². The molecule has 0 aliphatic heterocycles. The van der Waals surface area contributed by atoms with Crippen LogP contribution in [0, 0.1) is 11.3 Å². The molecule has 1 atom stereocenters. The van der Waals surface area contributed by atoms with Crippen molar-refractivity contribution in [1.29, 1.82) is 5.26 Å². The highest BCUT2D eigenvalue weighted by Crippen LogP contribution is 2.23. The fourth-order valence-corrected chi connectivity index (χ4v) is 1.70. The minimum Gasteiger partial charge on any atom is -0.497 e. The minimum absolute atomic E-state index is 0.119. The summed E-state index contributed by atoms with van der Waals surface area (Å²) in [6.07, 6.45) is 3.48. The van der Waals surface area contributed by atoms with E-state index in [0.717, 1.165) is 5.56 Å². The van der Waals surface area contributed by atoms with Crippen LogP contribution in [-0.2, 0) is 4.79 Å². The van der Waals surface area contributed by atoms with E-state index in [0.29, 0.717) is 17.9 Å². The van der Waals surface area contributed by atoms with E-state index in [9.17, 15) is 4.79 Å². The van der Waals surface area contributed by atoms with Gasteiger partial charge in [-0.2, -0.15) is 5.26 Å². The van der Waals surface area contributed by atoms with E-state index in [1.54, 1.807) is 33.4 Å². The molecule has 0 heterocycles. The maximum Gasteiger partial charge on any atom is 0.246 e. The summed E-state index contributed by atoms with van der Waals surface area (Å²) >= 11 is 0. The molecule has 0 spiro atoms. The Labute approximate surface area is 125 Å². The minimum atomic E-state index is -0.153. The fraction of sp³-hybridized carbons (Fsp3) is 0.375. The largest absolute Gasteiger partial charge is 0.497 e. The quantitative estimate of drug-likeness (QED) is 0.754. The Hall–Kier alpha value is -2.48. The maximum atomic E-state index is 12.0. The van der Waals surface area contributed by atoms with E-state index < -0.39 is 0 Å². The van der Waals surface area contributed by atoms with Crippen LogP contribution in [-0.4, -0.2) is 38.1 Å². The van der Waals surface area contributed by atoms with Crippen molar-refractivity contribution in [3.05, 3.63) is 29.8 Å². The highest BCUT2D eigenvalue weighted by Gasteiger charge is 2.12. The number of likely N-dealkylation sites (N-methyl/N-ethyl adjacent to an activating group) is 1. The monoisotopic (exact) mass is 288 g/mol. The molecule has 21 heavy (non-hydrogen) atoms. The van der Waals surface area contributed by atoms with Gasteiger partial charge >= 0.3 is 0 Å². The van der Waals surface area contributed by atoms with Gasteiger partial charge in [-0.3, -0.25) is 4.79 Å². The van der Waals surface area contributed by atoms with Gasteiger partial charge in [0.25, 0.3) is 0 Å². The van der Waals surface area contributed by atoms with Crippen molar-refractivity contribution in [1.82, 2.24) is 4.90 Å². The second-order valence-electron chi connectivity index (χ2n) is 4.64. The number of nitriles is 1. The molecule has 112 valence electrons. The van der Waals surface area contributed by atoms with Crippen LogP contribution >= 0.6 is 0 Å². The molecule has 0 aliphatic rings. The Kier molecular flexibility index (Phi) is 6.28. The van der Waals surface area contributed by atoms with Crippen molar-refractivity contribution in [3.8, 4) is 17.6 Å². The van der Waals surface area contributed by atoms with Crippen LogP contribution in [0.5, 0.6) is 11.5 Å². The van der Waals surface area contributed by atoms with Gasteiger partial charge in [-0.05, 0) is 30.7 Å².